The van der Waals surface area contributed by atoms with E-state index in [2.05, 4.69) is 152 Å². The third-order valence-corrected chi connectivity index (χ3v) is 11.2. The van der Waals surface area contributed by atoms with Gasteiger partial charge < -0.3 is 4.42 Å². The molecule has 0 N–H and O–H groups in total. The minimum Gasteiger partial charge on any atom is -0.456 e. The average molecular weight is 682 g/mol. The molecule has 0 atom stereocenters. The first-order chi connectivity index (χ1) is 25.7. The molecular weight excluding hydrogens is 655 g/mol. The summed E-state index contributed by atoms with van der Waals surface area (Å²) >= 11 is 1.79. The normalized spacial score (nSPS) is 11.8. The molecule has 0 saturated carbocycles. The molecule has 0 spiro atoms. The number of hydrogen-bond donors (Lipinski definition) is 0. The zero-order chi connectivity index (χ0) is 34.2. The molecule has 11 aromatic rings. The predicted molar refractivity (Wildman–Crippen MR) is 217 cm³/mol. The van der Waals surface area contributed by atoms with Crippen LogP contribution < -0.4 is 0 Å². The maximum atomic E-state index is 6.57. The molecule has 0 radical (unpaired) electrons. The smallest absolute Gasteiger partial charge is 0.164 e. The molecular formula is C47H27N3OS. The largest absolute Gasteiger partial charge is 0.456 e. The highest BCUT2D eigenvalue weighted by molar-refractivity contribution is 7.25. The van der Waals surface area contributed by atoms with Crippen molar-refractivity contribution in [1.29, 1.82) is 0 Å². The number of benzene rings is 8. The van der Waals surface area contributed by atoms with Crippen LogP contribution in [-0.2, 0) is 0 Å². The first kappa shape index (κ1) is 29.1. The highest BCUT2D eigenvalue weighted by atomic mass is 32.1. The van der Waals surface area contributed by atoms with E-state index in [1.165, 1.54) is 30.9 Å². The van der Waals surface area contributed by atoms with E-state index in [0.29, 0.717) is 17.5 Å². The van der Waals surface area contributed by atoms with E-state index in [1.54, 1.807) is 11.3 Å². The fraction of sp³-hybridized carbons (Fsp3) is 0. The quantitative estimate of drug-likeness (QED) is 0.185. The number of furan rings is 1. The van der Waals surface area contributed by atoms with Gasteiger partial charge in [0.25, 0.3) is 0 Å². The third-order valence-electron chi connectivity index (χ3n) is 10.1. The Hall–Kier alpha value is -6.69. The van der Waals surface area contributed by atoms with Crippen LogP contribution in [0.1, 0.15) is 0 Å². The Balaban J connectivity index is 1.20. The molecule has 0 saturated heterocycles. The molecule has 3 aromatic heterocycles. The Kier molecular flexibility index (Phi) is 6.39. The van der Waals surface area contributed by atoms with Crippen molar-refractivity contribution in [2.24, 2.45) is 0 Å². The van der Waals surface area contributed by atoms with Gasteiger partial charge in [0.15, 0.2) is 17.5 Å². The lowest BCUT2D eigenvalue weighted by Crippen LogP contribution is -2.01. The Morgan fingerprint density at radius 1 is 0.365 bits per heavy atom. The summed E-state index contributed by atoms with van der Waals surface area (Å²) in [5.74, 6) is 1.85. The van der Waals surface area contributed by atoms with Gasteiger partial charge in [0, 0.05) is 47.6 Å². The molecule has 0 aliphatic rings. The molecule has 11 rings (SSSR count). The molecule has 0 aliphatic heterocycles. The van der Waals surface area contributed by atoms with Gasteiger partial charge in [0.05, 0.1) is 0 Å². The fourth-order valence-corrected chi connectivity index (χ4v) is 8.74. The van der Waals surface area contributed by atoms with Crippen LogP contribution in [0.5, 0.6) is 0 Å². The van der Waals surface area contributed by atoms with Crippen LogP contribution in [0.3, 0.4) is 0 Å². The molecule has 5 heteroatoms. The van der Waals surface area contributed by atoms with Crippen molar-refractivity contribution in [3.8, 4) is 45.3 Å². The zero-order valence-corrected chi connectivity index (χ0v) is 28.6. The number of hydrogen-bond acceptors (Lipinski definition) is 5. The van der Waals surface area contributed by atoms with Crippen LogP contribution in [0.2, 0.25) is 0 Å². The summed E-state index contributed by atoms with van der Waals surface area (Å²) in [4.78, 5) is 15.7. The van der Waals surface area contributed by atoms with E-state index in [4.69, 9.17) is 19.4 Å². The van der Waals surface area contributed by atoms with Crippen molar-refractivity contribution < 1.29 is 4.42 Å². The van der Waals surface area contributed by atoms with Crippen molar-refractivity contribution in [1.82, 2.24) is 15.0 Å². The SMILES string of the molecule is c1ccc2cc(-c3nc(-c4cc(-c5ccc6ccccc6c5)c5c(c4)oc4ccccc45)nc(-c4cccc5sc6ccccc6c45)n3)ccc2c1. The van der Waals surface area contributed by atoms with Gasteiger partial charge in [-0.2, -0.15) is 0 Å². The van der Waals surface area contributed by atoms with Gasteiger partial charge in [-0.05, 0) is 75.1 Å². The first-order valence-corrected chi connectivity index (χ1v) is 18.2. The first-order valence-electron chi connectivity index (χ1n) is 17.3. The maximum Gasteiger partial charge on any atom is 0.164 e. The molecule has 0 amide bonds. The average Bonchev–Trinajstić information content (AvgIpc) is 3.78. The highest BCUT2D eigenvalue weighted by Crippen LogP contribution is 2.42. The number of aromatic nitrogens is 3. The highest BCUT2D eigenvalue weighted by Gasteiger charge is 2.20. The predicted octanol–water partition coefficient (Wildman–Crippen LogP) is 13.1. The summed E-state index contributed by atoms with van der Waals surface area (Å²) in [5, 5.41) is 9.22. The van der Waals surface area contributed by atoms with Crippen LogP contribution in [0, 0.1) is 0 Å². The summed E-state index contributed by atoms with van der Waals surface area (Å²) in [7, 11) is 0. The summed E-state index contributed by atoms with van der Waals surface area (Å²) in [6, 6.07) is 57.5. The minimum atomic E-state index is 0.592. The molecule has 0 bridgehead atoms. The zero-order valence-electron chi connectivity index (χ0n) is 27.7. The minimum absolute atomic E-state index is 0.592. The van der Waals surface area contributed by atoms with Crippen molar-refractivity contribution in [3.63, 3.8) is 0 Å². The molecule has 0 fully saturated rings. The number of para-hydroxylation sites is 1. The Morgan fingerprint density at radius 2 is 0.981 bits per heavy atom. The molecule has 0 unspecified atom stereocenters. The van der Waals surface area contributed by atoms with Gasteiger partial charge in [0.1, 0.15) is 11.2 Å². The third kappa shape index (κ3) is 4.64. The van der Waals surface area contributed by atoms with Crippen LogP contribution in [0.4, 0.5) is 0 Å². The van der Waals surface area contributed by atoms with Crippen molar-refractivity contribution in [2.75, 3.05) is 0 Å². The Bertz CT molecular complexity index is 3210. The van der Waals surface area contributed by atoms with E-state index in [9.17, 15) is 0 Å². The van der Waals surface area contributed by atoms with E-state index in [-0.39, 0.29) is 0 Å². The van der Waals surface area contributed by atoms with Gasteiger partial charge in [0.2, 0.25) is 0 Å². The molecule has 3 heterocycles. The number of nitrogens with zero attached hydrogens (tertiary/aromatic N) is 3. The summed E-state index contributed by atoms with van der Waals surface area (Å²) in [5.41, 5.74) is 6.61. The second-order valence-corrected chi connectivity index (χ2v) is 14.3. The van der Waals surface area contributed by atoms with Gasteiger partial charge in [-0.15, -0.1) is 11.3 Å². The van der Waals surface area contributed by atoms with Crippen LogP contribution in [0.15, 0.2) is 168 Å². The van der Waals surface area contributed by atoms with Gasteiger partial charge in [-0.3, -0.25) is 0 Å². The maximum absolute atomic E-state index is 6.57. The number of rotatable bonds is 4. The molecule has 8 aromatic carbocycles. The fourth-order valence-electron chi connectivity index (χ4n) is 7.61. The lowest BCUT2D eigenvalue weighted by Gasteiger charge is -2.12. The Morgan fingerprint density at radius 3 is 1.79 bits per heavy atom. The van der Waals surface area contributed by atoms with Crippen LogP contribution in [-0.4, -0.2) is 15.0 Å². The Labute approximate surface area is 302 Å². The summed E-state index contributed by atoms with van der Waals surface area (Å²) in [6.45, 7) is 0. The van der Waals surface area contributed by atoms with Crippen molar-refractivity contribution >= 4 is 75.0 Å². The van der Waals surface area contributed by atoms with Gasteiger partial charge in [-0.25, -0.2) is 15.0 Å². The van der Waals surface area contributed by atoms with Gasteiger partial charge >= 0.3 is 0 Å². The number of thiophene rings is 1. The lowest BCUT2D eigenvalue weighted by molar-refractivity contribution is 0.669. The van der Waals surface area contributed by atoms with Crippen molar-refractivity contribution in [3.05, 3.63) is 164 Å². The van der Waals surface area contributed by atoms with E-state index in [0.717, 1.165) is 60.5 Å². The van der Waals surface area contributed by atoms with Crippen LogP contribution >= 0.6 is 11.3 Å². The molecule has 0 aliphatic carbocycles. The second-order valence-electron chi connectivity index (χ2n) is 13.2. The number of fused-ring (bicyclic) bond motifs is 8. The second kappa shape index (κ2) is 11.4. The van der Waals surface area contributed by atoms with Gasteiger partial charge in [-0.1, -0.05) is 121 Å². The van der Waals surface area contributed by atoms with E-state index in [1.807, 2.05) is 12.1 Å². The van der Waals surface area contributed by atoms with E-state index < -0.39 is 0 Å². The van der Waals surface area contributed by atoms with Crippen molar-refractivity contribution in [2.45, 2.75) is 0 Å². The molecule has 4 nitrogen and oxygen atoms in total. The van der Waals surface area contributed by atoms with Crippen LogP contribution in [0.25, 0.3) is 109 Å². The van der Waals surface area contributed by atoms with E-state index >= 15 is 0 Å². The topological polar surface area (TPSA) is 51.8 Å². The molecule has 52 heavy (non-hydrogen) atoms. The summed E-state index contributed by atoms with van der Waals surface area (Å²) in [6.07, 6.45) is 0. The standard InChI is InChI=1S/C47H27N3OS/c1-3-12-30-24-32(22-20-28(30)10-1)38-26-34(27-40-43(38)35-14-5-7-17-39(35)51-40)46-48-45(33-23-21-29-11-2-4-13-31(29)25-33)49-47(50-46)37-16-9-19-42-44(37)36-15-6-8-18-41(36)52-42/h1-27H. The lowest BCUT2D eigenvalue weighted by atomic mass is 9.95. The summed E-state index contributed by atoms with van der Waals surface area (Å²) < 4.78 is 9.01. The molecule has 242 valence electrons. The monoisotopic (exact) mass is 681 g/mol.